The van der Waals surface area contributed by atoms with E-state index in [0.29, 0.717) is 35.5 Å². The second-order valence-corrected chi connectivity index (χ2v) is 20.4. The Bertz CT molecular complexity index is 1600. The maximum atomic E-state index is 3.88. The minimum Gasteiger partial charge on any atom is -1.00 e. The Balaban J connectivity index is 0.00000351. The Hall–Kier alpha value is -1.84. The summed E-state index contributed by atoms with van der Waals surface area (Å²) in [7, 11) is -2.89. The van der Waals surface area contributed by atoms with Crippen molar-refractivity contribution in [1.82, 2.24) is 0 Å². The molecule has 0 radical (unpaired) electrons. The number of hydrogen-bond donors (Lipinski definition) is 0. The topological polar surface area (TPSA) is 0 Å². The van der Waals surface area contributed by atoms with Crippen molar-refractivity contribution in [3.8, 4) is 0 Å². The molecular weight excluding hydrogens is 759 g/mol. The summed E-state index contributed by atoms with van der Waals surface area (Å²) in [5.41, 5.74) is 11.5. The fourth-order valence-electron chi connectivity index (χ4n) is 7.53. The molecule has 0 heterocycles. The zero-order chi connectivity index (χ0) is 35.6. The second-order valence-electron chi connectivity index (χ2n) is 16.5. The Morgan fingerprint density at radius 2 is 0.774 bits per heavy atom. The average molecular weight is 820 g/mol. The van der Waals surface area contributed by atoms with Gasteiger partial charge in [-0.1, -0.05) is 190 Å². The van der Waals surface area contributed by atoms with Crippen molar-refractivity contribution in [2.24, 2.45) is 0 Å². The molecule has 53 heavy (non-hydrogen) atoms. The number of halogens is 3. The summed E-state index contributed by atoms with van der Waals surface area (Å²) in [6.45, 7) is 28.4. The van der Waals surface area contributed by atoms with E-state index < -0.39 is 8.07 Å². The molecule has 5 heteroatoms. The van der Waals surface area contributed by atoms with E-state index in [1.165, 1.54) is 60.1 Å². The molecule has 0 aromatic heterocycles. The average Bonchev–Trinajstić information content (AvgIpc) is 3.53. The molecule has 1 aliphatic rings. The quantitative estimate of drug-likeness (QED) is 0.117. The SMILES string of the molecule is CC(C)c1cc(C(C)C)cc([Si](C2=C(Cc3ccccc3)[C-]=CC2)(c2cc(C(C)C)cc(C(C)C)c2)c2cc(C(C)C)cc(C(C)C)c2)c1.[Cl-].[Cl-].[Cl-].[Ti+4]. The van der Waals surface area contributed by atoms with Crippen LogP contribution in [0.5, 0.6) is 0 Å². The van der Waals surface area contributed by atoms with E-state index in [4.69, 9.17) is 0 Å². The Kier molecular flexibility index (Phi) is 19.4. The van der Waals surface area contributed by atoms with Crippen LogP contribution in [0.2, 0.25) is 0 Å². The van der Waals surface area contributed by atoms with Crippen LogP contribution in [-0.4, -0.2) is 8.07 Å². The Morgan fingerprint density at radius 1 is 0.472 bits per heavy atom. The number of rotatable bonds is 12. The molecule has 0 bridgehead atoms. The van der Waals surface area contributed by atoms with Crippen LogP contribution in [0.1, 0.15) is 164 Å². The van der Waals surface area contributed by atoms with Crippen molar-refractivity contribution in [2.45, 2.75) is 131 Å². The van der Waals surface area contributed by atoms with Crippen LogP contribution in [0.3, 0.4) is 0 Å². The van der Waals surface area contributed by atoms with E-state index in [9.17, 15) is 0 Å². The van der Waals surface area contributed by atoms with E-state index >= 15 is 0 Å². The van der Waals surface area contributed by atoms with Crippen LogP contribution in [0.25, 0.3) is 0 Å². The van der Waals surface area contributed by atoms with E-state index in [0.717, 1.165) is 12.8 Å². The summed E-state index contributed by atoms with van der Waals surface area (Å²) in [5.74, 6) is 2.65. The van der Waals surface area contributed by atoms with E-state index in [1.807, 2.05) is 0 Å². The second kappa shape index (κ2) is 20.9. The van der Waals surface area contributed by atoms with Gasteiger partial charge in [-0.25, -0.2) is 10.8 Å². The molecule has 0 fully saturated rings. The number of allylic oxidation sites excluding steroid dienone is 4. The first-order valence-corrected chi connectivity index (χ1v) is 21.0. The third-order valence-corrected chi connectivity index (χ3v) is 15.7. The summed E-state index contributed by atoms with van der Waals surface area (Å²) in [5, 5.41) is 6.21. The maximum absolute atomic E-state index is 3.88. The molecule has 0 unspecified atom stereocenters. The first-order chi connectivity index (χ1) is 23.2. The summed E-state index contributed by atoms with van der Waals surface area (Å²) in [6.07, 6.45) is 8.08. The van der Waals surface area contributed by atoms with Crippen LogP contribution in [-0.2, 0) is 28.1 Å². The molecule has 0 atom stereocenters. The third kappa shape index (κ3) is 10.7. The minimum atomic E-state index is -2.89. The van der Waals surface area contributed by atoms with Crippen molar-refractivity contribution in [1.29, 1.82) is 0 Å². The standard InChI is InChI=1S/C48H61Si.3ClH.Ti/c1-31(2)39-22-40(32(3)4)26-45(25-39)49(46-27-41(33(5)6)23-42(28-46)34(7)8,47-29-43(35(9)10)24-44(30-47)36(11)12)48-20-16-19-38(48)21-37-17-14-13-15-18-37;;;;/h13-18,22-36H,20-21H2,1-12H3;3*1H;/q-1;;;;+4/p-3. The molecule has 4 aromatic carbocycles. The summed E-state index contributed by atoms with van der Waals surface area (Å²) in [4.78, 5) is 0. The molecule has 0 nitrogen and oxygen atoms in total. The van der Waals surface area contributed by atoms with E-state index in [1.54, 1.807) is 5.20 Å². The number of benzene rings is 4. The zero-order valence-corrected chi connectivity index (χ0v) is 39.0. The fourth-order valence-corrected chi connectivity index (χ4v) is 12.9. The Morgan fingerprint density at radius 3 is 1.06 bits per heavy atom. The Labute approximate surface area is 358 Å². The van der Waals surface area contributed by atoms with Crippen molar-refractivity contribution in [2.75, 3.05) is 0 Å². The van der Waals surface area contributed by atoms with Gasteiger partial charge in [0.15, 0.2) is 0 Å². The minimum absolute atomic E-state index is 0. The van der Waals surface area contributed by atoms with Gasteiger partial charge in [-0.05, 0) is 80.9 Å². The van der Waals surface area contributed by atoms with Gasteiger partial charge in [0.2, 0.25) is 0 Å². The monoisotopic (exact) mass is 818 g/mol. The molecule has 0 saturated heterocycles. The van der Waals surface area contributed by atoms with Gasteiger partial charge < -0.3 is 37.2 Å². The molecule has 282 valence electrons. The zero-order valence-electron chi connectivity index (χ0n) is 34.2. The van der Waals surface area contributed by atoms with Crippen molar-refractivity contribution in [3.63, 3.8) is 0 Å². The van der Waals surface area contributed by atoms with Crippen molar-refractivity contribution >= 4 is 23.6 Å². The predicted octanol–water partition coefficient (Wildman–Crippen LogP) is 2.75. The molecule has 1 aliphatic carbocycles. The molecule has 0 N–H and O–H groups in total. The molecule has 0 aliphatic heterocycles. The predicted molar refractivity (Wildman–Crippen MR) is 218 cm³/mol. The van der Waals surface area contributed by atoms with Gasteiger partial charge in [-0.15, -0.1) is 0 Å². The van der Waals surface area contributed by atoms with Gasteiger partial charge in [0.25, 0.3) is 0 Å². The van der Waals surface area contributed by atoms with Gasteiger partial charge in [0, 0.05) is 0 Å². The normalized spacial score (nSPS) is 12.8. The van der Waals surface area contributed by atoms with Crippen LogP contribution in [0.4, 0.5) is 0 Å². The van der Waals surface area contributed by atoms with Crippen molar-refractivity contribution in [3.05, 3.63) is 147 Å². The van der Waals surface area contributed by atoms with Crippen LogP contribution >= 0.6 is 0 Å². The van der Waals surface area contributed by atoms with Gasteiger partial charge in [-0.2, -0.15) is 6.08 Å². The smallest absolute Gasteiger partial charge is 1.00 e. The number of hydrogen-bond acceptors (Lipinski definition) is 0. The van der Waals surface area contributed by atoms with Gasteiger partial charge >= 0.3 is 21.7 Å². The van der Waals surface area contributed by atoms with Gasteiger partial charge in [-0.3, -0.25) is 6.08 Å². The summed E-state index contributed by atoms with van der Waals surface area (Å²) in [6, 6.07) is 34.3. The largest absolute Gasteiger partial charge is 4.00 e. The first kappa shape index (κ1) is 49.2. The fraction of sp³-hybridized carbons (Fsp3) is 0.417. The molecule has 4 aromatic rings. The molecule has 5 rings (SSSR count). The summed E-state index contributed by atoms with van der Waals surface area (Å²) < 4.78 is 0. The molecule has 0 spiro atoms. The van der Waals surface area contributed by atoms with Crippen LogP contribution < -0.4 is 52.8 Å². The summed E-state index contributed by atoms with van der Waals surface area (Å²) >= 11 is 0. The third-order valence-electron chi connectivity index (χ3n) is 10.9. The van der Waals surface area contributed by atoms with Crippen LogP contribution in [0.15, 0.2) is 102 Å². The maximum Gasteiger partial charge on any atom is 4.00 e. The van der Waals surface area contributed by atoms with E-state index in [2.05, 4.69) is 180 Å². The molecular formula is C48H61Cl3SiTi. The van der Waals surface area contributed by atoms with Crippen LogP contribution in [0, 0.1) is 6.08 Å². The van der Waals surface area contributed by atoms with Crippen molar-refractivity contribution < 1.29 is 58.9 Å². The van der Waals surface area contributed by atoms with E-state index in [-0.39, 0.29) is 58.9 Å². The first-order valence-electron chi connectivity index (χ1n) is 19.0. The molecule has 0 amide bonds. The van der Waals surface area contributed by atoms with Gasteiger partial charge in [0.1, 0.15) is 0 Å². The molecule has 0 saturated carbocycles. The van der Waals surface area contributed by atoms with Gasteiger partial charge in [0.05, 0.1) is 8.07 Å².